The van der Waals surface area contributed by atoms with Gasteiger partial charge in [0.1, 0.15) is 5.69 Å². The number of aryl methyl sites for hydroxylation is 1. The summed E-state index contributed by atoms with van der Waals surface area (Å²) < 4.78 is 38.9. The summed E-state index contributed by atoms with van der Waals surface area (Å²) in [5, 5.41) is 9.66. The molecule has 0 atom stereocenters. The van der Waals surface area contributed by atoms with Gasteiger partial charge < -0.3 is 5.32 Å². The van der Waals surface area contributed by atoms with E-state index in [-0.39, 0.29) is 18.8 Å². The lowest BCUT2D eigenvalue weighted by Gasteiger charge is -2.10. The highest BCUT2D eigenvalue weighted by molar-refractivity contribution is 5.13. The lowest BCUT2D eigenvalue weighted by atomic mass is 10.3. The van der Waals surface area contributed by atoms with Crippen molar-refractivity contribution in [2.45, 2.75) is 32.6 Å². The van der Waals surface area contributed by atoms with Crippen LogP contribution in [0.1, 0.15) is 24.7 Å². The van der Waals surface area contributed by atoms with Gasteiger partial charge in [0.25, 0.3) is 0 Å². The lowest BCUT2D eigenvalue weighted by molar-refractivity contribution is -0.144. The quantitative estimate of drug-likeness (QED) is 0.837. The van der Waals surface area contributed by atoms with Gasteiger partial charge in [0, 0.05) is 13.1 Å². The average Bonchev–Trinajstić information content (AvgIpc) is 2.48. The zero-order valence-electron chi connectivity index (χ0n) is 8.60. The van der Waals surface area contributed by atoms with E-state index >= 15 is 0 Å². The number of halogens is 3. The van der Waals surface area contributed by atoms with Gasteiger partial charge in [0.2, 0.25) is 0 Å². The molecule has 0 aliphatic carbocycles. The molecule has 0 saturated carbocycles. The first-order valence-corrected chi connectivity index (χ1v) is 4.64. The molecule has 1 N–H and O–H groups in total. The summed E-state index contributed by atoms with van der Waals surface area (Å²) in [5.41, 5.74) is -0.808. The van der Waals surface area contributed by atoms with E-state index in [1.54, 1.807) is 14.0 Å². The van der Waals surface area contributed by atoms with Crippen molar-refractivity contribution in [2.75, 3.05) is 7.05 Å². The summed E-state index contributed by atoms with van der Waals surface area (Å²) in [6.45, 7) is 2.09. The maximum absolute atomic E-state index is 12.7. The molecule has 0 aromatic carbocycles. The van der Waals surface area contributed by atoms with E-state index in [9.17, 15) is 13.2 Å². The zero-order valence-corrected chi connectivity index (χ0v) is 8.60. The summed E-state index contributed by atoms with van der Waals surface area (Å²) in [7, 11) is 1.57. The van der Waals surface area contributed by atoms with E-state index < -0.39 is 11.9 Å². The number of alkyl halides is 3. The van der Waals surface area contributed by atoms with E-state index in [4.69, 9.17) is 0 Å². The first-order valence-electron chi connectivity index (χ1n) is 4.64. The minimum atomic E-state index is -4.40. The van der Waals surface area contributed by atoms with E-state index in [1.807, 2.05) is 0 Å². The van der Waals surface area contributed by atoms with Crippen LogP contribution in [0.4, 0.5) is 13.2 Å². The second-order valence-electron chi connectivity index (χ2n) is 3.14. The molecule has 0 aliphatic heterocycles. The maximum atomic E-state index is 12.7. The summed E-state index contributed by atoms with van der Waals surface area (Å²) in [6, 6.07) is 0. The van der Waals surface area contributed by atoms with Gasteiger partial charge in [-0.15, -0.1) is 5.10 Å². The van der Waals surface area contributed by atoms with E-state index in [2.05, 4.69) is 15.6 Å². The Labute approximate surface area is 85.5 Å². The smallest absolute Gasteiger partial charge is 0.314 e. The Hall–Kier alpha value is -1.11. The molecule has 0 saturated heterocycles. The van der Waals surface area contributed by atoms with Gasteiger partial charge in [-0.1, -0.05) is 12.1 Å². The monoisotopic (exact) mass is 222 g/mol. The molecule has 0 spiro atoms. The standard InChI is InChI=1S/C8H13F3N4/c1-3-4-15-7(8(9,10)11)6(5-12-2)13-14-15/h12H,3-5H2,1-2H3. The van der Waals surface area contributed by atoms with Crippen LogP contribution in [-0.4, -0.2) is 22.0 Å². The molecule has 7 heteroatoms. The SMILES string of the molecule is CCCn1nnc(CNC)c1C(F)(F)F. The molecule has 1 rings (SSSR count). The van der Waals surface area contributed by atoms with Gasteiger partial charge in [-0.3, -0.25) is 0 Å². The van der Waals surface area contributed by atoms with Crippen molar-refractivity contribution in [1.82, 2.24) is 20.3 Å². The van der Waals surface area contributed by atoms with E-state index in [1.165, 1.54) is 0 Å². The molecule has 1 heterocycles. The molecule has 4 nitrogen and oxygen atoms in total. The second-order valence-corrected chi connectivity index (χ2v) is 3.14. The minimum Gasteiger partial charge on any atom is -0.314 e. The van der Waals surface area contributed by atoms with Crippen molar-refractivity contribution in [3.63, 3.8) is 0 Å². The van der Waals surface area contributed by atoms with Crippen molar-refractivity contribution in [3.8, 4) is 0 Å². The molecule has 86 valence electrons. The second kappa shape index (κ2) is 4.61. The fourth-order valence-electron chi connectivity index (χ4n) is 1.31. The van der Waals surface area contributed by atoms with Gasteiger partial charge in [0.05, 0.1) is 0 Å². The molecular formula is C8H13F3N4. The van der Waals surface area contributed by atoms with Crippen molar-refractivity contribution in [2.24, 2.45) is 0 Å². The fraction of sp³-hybridized carbons (Fsp3) is 0.750. The molecule has 0 unspecified atom stereocenters. The summed E-state index contributed by atoms with van der Waals surface area (Å²) in [5.74, 6) is 0. The van der Waals surface area contributed by atoms with Crippen LogP contribution in [0.3, 0.4) is 0 Å². The molecule has 0 bridgehead atoms. The Balaban J connectivity index is 3.08. The van der Waals surface area contributed by atoms with Crippen LogP contribution in [0.2, 0.25) is 0 Å². The van der Waals surface area contributed by atoms with Crippen molar-refractivity contribution < 1.29 is 13.2 Å². The molecule has 1 aromatic rings. The van der Waals surface area contributed by atoms with Gasteiger partial charge in [-0.2, -0.15) is 13.2 Å². The third-order valence-electron chi connectivity index (χ3n) is 1.85. The molecule has 0 fully saturated rings. The van der Waals surface area contributed by atoms with E-state index in [0.29, 0.717) is 6.42 Å². The van der Waals surface area contributed by atoms with Crippen molar-refractivity contribution >= 4 is 0 Å². The fourth-order valence-corrected chi connectivity index (χ4v) is 1.31. The van der Waals surface area contributed by atoms with Crippen LogP contribution in [0.5, 0.6) is 0 Å². The topological polar surface area (TPSA) is 42.7 Å². The van der Waals surface area contributed by atoms with Crippen LogP contribution in [0.15, 0.2) is 0 Å². The third kappa shape index (κ3) is 2.68. The number of hydrogen-bond donors (Lipinski definition) is 1. The molecule has 1 aromatic heterocycles. The van der Waals surface area contributed by atoms with Crippen LogP contribution in [-0.2, 0) is 19.3 Å². The summed E-state index contributed by atoms with van der Waals surface area (Å²) >= 11 is 0. The minimum absolute atomic E-state index is 0.0570. The number of rotatable bonds is 4. The number of nitrogens with zero attached hydrogens (tertiary/aromatic N) is 3. The highest BCUT2D eigenvalue weighted by atomic mass is 19.4. The normalized spacial score (nSPS) is 12.1. The van der Waals surface area contributed by atoms with Gasteiger partial charge in [-0.25, -0.2) is 4.68 Å². The van der Waals surface area contributed by atoms with Crippen molar-refractivity contribution in [1.29, 1.82) is 0 Å². The maximum Gasteiger partial charge on any atom is 0.434 e. The largest absolute Gasteiger partial charge is 0.434 e. The number of hydrogen-bond acceptors (Lipinski definition) is 3. The molecule has 15 heavy (non-hydrogen) atoms. The van der Waals surface area contributed by atoms with Crippen LogP contribution < -0.4 is 5.32 Å². The third-order valence-corrected chi connectivity index (χ3v) is 1.85. The number of aromatic nitrogens is 3. The van der Waals surface area contributed by atoms with Gasteiger partial charge >= 0.3 is 6.18 Å². The zero-order chi connectivity index (χ0) is 11.5. The Bertz CT molecular complexity index is 295. The Morgan fingerprint density at radius 1 is 1.40 bits per heavy atom. The highest BCUT2D eigenvalue weighted by Gasteiger charge is 2.38. The first-order chi connectivity index (χ1) is 7.00. The summed E-state index contributed by atoms with van der Waals surface area (Å²) in [6.07, 6.45) is -3.81. The predicted molar refractivity (Wildman–Crippen MR) is 48.1 cm³/mol. The molecule has 0 radical (unpaired) electrons. The molecule has 0 amide bonds. The van der Waals surface area contributed by atoms with Crippen molar-refractivity contribution in [3.05, 3.63) is 11.4 Å². The van der Waals surface area contributed by atoms with Gasteiger partial charge in [0.15, 0.2) is 5.69 Å². The van der Waals surface area contributed by atoms with E-state index in [0.717, 1.165) is 4.68 Å². The number of nitrogens with one attached hydrogen (secondary N) is 1. The molecular weight excluding hydrogens is 209 g/mol. The van der Waals surface area contributed by atoms with Gasteiger partial charge in [-0.05, 0) is 13.5 Å². The Morgan fingerprint density at radius 2 is 2.07 bits per heavy atom. The lowest BCUT2D eigenvalue weighted by Crippen LogP contribution is -2.18. The Kier molecular flexibility index (Phi) is 3.67. The highest BCUT2D eigenvalue weighted by Crippen LogP contribution is 2.31. The average molecular weight is 222 g/mol. The first kappa shape index (κ1) is 12.0. The van der Waals surface area contributed by atoms with Crippen LogP contribution >= 0.6 is 0 Å². The Morgan fingerprint density at radius 3 is 2.53 bits per heavy atom. The van der Waals surface area contributed by atoms with Crippen LogP contribution in [0, 0.1) is 0 Å². The summed E-state index contributed by atoms with van der Waals surface area (Å²) in [4.78, 5) is 0. The molecule has 0 aliphatic rings. The van der Waals surface area contributed by atoms with Crippen LogP contribution in [0.25, 0.3) is 0 Å². The predicted octanol–water partition coefficient (Wildman–Crippen LogP) is 1.43.